The van der Waals surface area contributed by atoms with Crippen LogP contribution in [0.15, 0.2) is 30.3 Å². The molecule has 0 aliphatic rings. The van der Waals surface area contributed by atoms with Crippen LogP contribution in [0.4, 0.5) is 0 Å². The SMILES string of the molecule is CC(=O)Oc1ccccc1.O=S(=O)(O)OOS(=O)(=O)O. The molecule has 0 saturated carbocycles. The van der Waals surface area contributed by atoms with Gasteiger partial charge in [-0.1, -0.05) is 26.9 Å². The van der Waals surface area contributed by atoms with E-state index in [1.165, 1.54) is 6.92 Å². The molecule has 0 heterocycles. The molecule has 0 fully saturated rings. The van der Waals surface area contributed by atoms with Crippen molar-refractivity contribution in [2.24, 2.45) is 0 Å². The average molecular weight is 330 g/mol. The van der Waals surface area contributed by atoms with Crippen molar-refractivity contribution >= 4 is 26.8 Å². The third kappa shape index (κ3) is 12.9. The summed E-state index contributed by atoms with van der Waals surface area (Å²) in [5, 5.41) is 0. The quantitative estimate of drug-likeness (QED) is 0.256. The van der Waals surface area contributed by atoms with Crippen LogP contribution in [-0.2, 0) is 34.3 Å². The summed E-state index contributed by atoms with van der Waals surface area (Å²) in [6, 6.07) is 8.98. The van der Waals surface area contributed by atoms with E-state index in [2.05, 4.69) is 8.67 Å². The van der Waals surface area contributed by atoms with Crippen LogP contribution in [0, 0.1) is 0 Å². The van der Waals surface area contributed by atoms with Crippen LogP contribution < -0.4 is 4.74 Å². The summed E-state index contributed by atoms with van der Waals surface area (Å²) in [5.74, 6) is 0.307. The molecule has 10 nitrogen and oxygen atoms in total. The molecule has 0 bridgehead atoms. The lowest BCUT2D eigenvalue weighted by molar-refractivity contribution is -0.131. The molecule has 114 valence electrons. The van der Waals surface area contributed by atoms with Crippen molar-refractivity contribution in [2.75, 3.05) is 0 Å². The zero-order valence-corrected chi connectivity index (χ0v) is 11.5. The highest BCUT2D eigenvalue weighted by Crippen LogP contribution is 2.07. The summed E-state index contributed by atoms with van der Waals surface area (Å²) in [6.45, 7) is 1.38. The van der Waals surface area contributed by atoms with Crippen LogP contribution in [0.1, 0.15) is 6.92 Å². The second-order valence-corrected chi connectivity index (χ2v) is 4.88. The lowest BCUT2D eigenvalue weighted by Crippen LogP contribution is -2.10. The second kappa shape index (κ2) is 7.88. The van der Waals surface area contributed by atoms with Gasteiger partial charge in [-0.15, -0.1) is 0 Å². The van der Waals surface area contributed by atoms with Crippen molar-refractivity contribution in [3.8, 4) is 5.75 Å². The summed E-state index contributed by atoms with van der Waals surface area (Å²) >= 11 is 0. The molecule has 0 amide bonds. The third-order valence-corrected chi connectivity index (χ3v) is 1.77. The van der Waals surface area contributed by atoms with Gasteiger partial charge in [0.25, 0.3) is 0 Å². The zero-order chi connectivity index (χ0) is 15.8. The Hall–Kier alpha value is -1.57. The van der Waals surface area contributed by atoms with Crippen LogP contribution >= 0.6 is 0 Å². The molecule has 20 heavy (non-hydrogen) atoms. The number of esters is 1. The minimum Gasteiger partial charge on any atom is -0.427 e. The number of hydrogen-bond donors (Lipinski definition) is 2. The fourth-order valence-electron chi connectivity index (χ4n) is 0.725. The molecule has 0 aromatic heterocycles. The van der Waals surface area contributed by atoms with Gasteiger partial charge in [0.2, 0.25) is 0 Å². The molecule has 1 rings (SSSR count). The standard InChI is InChI=1S/C8H8O2.H2O8S2/c1-7(9)10-8-5-3-2-4-6-8;1-9(2,3)7-8-10(4,5)6/h2-6H,1H3;(H,1,2,3)(H,4,5,6). The molecule has 1 aromatic carbocycles. The maximum absolute atomic E-state index is 10.4. The molecule has 0 unspecified atom stereocenters. The Balaban J connectivity index is 0.000000361. The van der Waals surface area contributed by atoms with Gasteiger partial charge in [0.15, 0.2) is 0 Å². The van der Waals surface area contributed by atoms with Crippen molar-refractivity contribution in [1.82, 2.24) is 0 Å². The number of carbonyl (C=O) groups is 1. The molecule has 1 aromatic rings. The number of ether oxygens (including phenoxy) is 1. The zero-order valence-electron chi connectivity index (χ0n) is 9.86. The van der Waals surface area contributed by atoms with Gasteiger partial charge in [-0.2, -0.15) is 16.8 Å². The number of carbonyl (C=O) groups excluding carboxylic acids is 1. The summed E-state index contributed by atoms with van der Waals surface area (Å²) in [4.78, 5) is 10.4. The van der Waals surface area contributed by atoms with Crippen LogP contribution in [-0.4, -0.2) is 31.9 Å². The predicted molar refractivity (Wildman–Crippen MR) is 63.0 cm³/mol. The molecule has 0 atom stereocenters. The summed E-state index contributed by atoms with van der Waals surface area (Å²) in [6.07, 6.45) is 0. The van der Waals surface area contributed by atoms with E-state index in [-0.39, 0.29) is 5.97 Å². The Morgan fingerprint density at radius 2 is 1.35 bits per heavy atom. The molecular formula is C8H10O10S2. The molecule has 12 heteroatoms. The second-order valence-electron chi connectivity index (χ2n) is 2.90. The Kier molecular flexibility index (Phi) is 7.26. The van der Waals surface area contributed by atoms with Crippen LogP contribution in [0.2, 0.25) is 0 Å². The highest BCUT2D eigenvalue weighted by atomic mass is 32.3. The number of para-hydroxylation sites is 1. The normalized spacial score (nSPS) is 11.2. The maximum atomic E-state index is 10.4. The van der Waals surface area contributed by atoms with Crippen LogP contribution in [0.25, 0.3) is 0 Å². The smallest absolute Gasteiger partial charge is 0.425 e. The Bertz CT molecular complexity index is 586. The van der Waals surface area contributed by atoms with Gasteiger partial charge in [-0.25, -0.2) is 0 Å². The van der Waals surface area contributed by atoms with Crippen LogP contribution in [0.3, 0.4) is 0 Å². The molecule has 0 saturated heterocycles. The number of benzene rings is 1. The van der Waals surface area contributed by atoms with Gasteiger partial charge in [0.1, 0.15) is 5.75 Å². The first-order valence-corrected chi connectivity index (χ1v) is 7.29. The van der Waals surface area contributed by atoms with Gasteiger partial charge in [0.05, 0.1) is 0 Å². The molecule has 0 aliphatic heterocycles. The van der Waals surface area contributed by atoms with Gasteiger partial charge in [-0.3, -0.25) is 13.9 Å². The summed E-state index contributed by atoms with van der Waals surface area (Å²) < 4.78 is 63.6. The van der Waals surface area contributed by atoms with Crippen molar-refractivity contribution in [3.63, 3.8) is 0 Å². The van der Waals surface area contributed by atoms with E-state index in [1.54, 1.807) is 12.1 Å². The van der Waals surface area contributed by atoms with E-state index < -0.39 is 20.8 Å². The number of hydrogen-bond acceptors (Lipinski definition) is 8. The summed E-state index contributed by atoms with van der Waals surface area (Å²) in [7, 11) is -10.0. The first-order chi connectivity index (χ1) is 8.99. The molecule has 0 radical (unpaired) electrons. The summed E-state index contributed by atoms with van der Waals surface area (Å²) in [5.41, 5.74) is 0. The van der Waals surface area contributed by atoms with E-state index in [1.807, 2.05) is 18.2 Å². The lowest BCUT2D eigenvalue weighted by atomic mass is 10.3. The first-order valence-electron chi connectivity index (χ1n) is 4.55. The average Bonchev–Trinajstić information content (AvgIpc) is 2.26. The predicted octanol–water partition coefficient (Wildman–Crippen LogP) is 0.152. The fourth-order valence-corrected chi connectivity index (χ4v) is 1.29. The number of rotatable bonds is 4. The van der Waals surface area contributed by atoms with Gasteiger partial charge in [0, 0.05) is 6.92 Å². The van der Waals surface area contributed by atoms with Crippen molar-refractivity contribution in [1.29, 1.82) is 0 Å². The highest BCUT2D eigenvalue weighted by Gasteiger charge is 2.13. The Morgan fingerprint density at radius 1 is 0.950 bits per heavy atom. The molecular weight excluding hydrogens is 320 g/mol. The lowest BCUT2D eigenvalue weighted by Gasteiger charge is -1.97. The van der Waals surface area contributed by atoms with E-state index >= 15 is 0 Å². The fraction of sp³-hybridized carbons (Fsp3) is 0.125. The third-order valence-electron chi connectivity index (χ3n) is 1.20. The highest BCUT2D eigenvalue weighted by molar-refractivity contribution is 7.83. The van der Waals surface area contributed by atoms with Crippen molar-refractivity contribution in [2.45, 2.75) is 6.92 Å². The molecule has 0 spiro atoms. The largest absolute Gasteiger partial charge is 0.427 e. The van der Waals surface area contributed by atoms with Crippen LogP contribution in [0.5, 0.6) is 5.75 Å². The van der Waals surface area contributed by atoms with Gasteiger partial charge >= 0.3 is 26.8 Å². The van der Waals surface area contributed by atoms with E-state index in [0.29, 0.717) is 5.75 Å². The topological polar surface area (TPSA) is 154 Å². The van der Waals surface area contributed by atoms with Crippen molar-refractivity contribution in [3.05, 3.63) is 30.3 Å². The van der Waals surface area contributed by atoms with E-state index in [4.69, 9.17) is 13.8 Å². The maximum Gasteiger partial charge on any atom is 0.425 e. The van der Waals surface area contributed by atoms with E-state index in [0.717, 1.165) is 0 Å². The Labute approximate surface area is 114 Å². The van der Waals surface area contributed by atoms with E-state index in [9.17, 15) is 21.6 Å². The Morgan fingerprint density at radius 3 is 1.65 bits per heavy atom. The van der Waals surface area contributed by atoms with Gasteiger partial charge in [-0.05, 0) is 12.1 Å². The first kappa shape index (κ1) is 18.4. The molecule has 0 aliphatic carbocycles. The van der Waals surface area contributed by atoms with Gasteiger partial charge < -0.3 is 4.74 Å². The van der Waals surface area contributed by atoms with Crippen molar-refractivity contribution < 1.29 is 44.1 Å². The molecule has 2 N–H and O–H groups in total. The monoisotopic (exact) mass is 330 g/mol. The minimum absolute atomic E-state index is 0.286. The minimum atomic E-state index is -5.02.